The molecule has 36 heavy (non-hydrogen) atoms. The second-order valence-corrected chi connectivity index (χ2v) is 9.67. The van der Waals surface area contributed by atoms with Gasteiger partial charge in [0.2, 0.25) is 0 Å². The van der Waals surface area contributed by atoms with Gasteiger partial charge in [0.15, 0.2) is 0 Å². The van der Waals surface area contributed by atoms with Gasteiger partial charge >= 0.3 is 6.03 Å². The van der Waals surface area contributed by atoms with Crippen molar-refractivity contribution in [1.82, 2.24) is 24.6 Å². The minimum atomic E-state index is -0.372. The van der Waals surface area contributed by atoms with Crippen molar-refractivity contribution in [3.05, 3.63) is 101 Å². The van der Waals surface area contributed by atoms with Gasteiger partial charge in [-0.3, -0.25) is 0 Å². The van der Waals surface area contributed by atoms with Gasteiger partial charge in [-0.25, -0.2) is 13.9 Å². The van der Waals surface area contributed by atoms with Crippen LogP contribution in [0.15, 0.2) is 72.9 Å². The van der Waals surface area contributed by atoms with E-state index in [1.807, 2.05) is 58.2 Å². The summed E-state index contributed by atoms with van der Waals surface area (Å²) in [6, 6.07) is 20.4. The predicted octanol–water partition coefficient (Wildman–Crippen LogP) is 5.92. The number of amides is 2. The number of carbonyl (C=O) groups is 1. The Bertz CT molecular complexity index is 1370. The van der Waals surface area contributed by atoms with Gasteiger partial charge < -0.3 is 14.8 Å². The van der Waals surface area contributed by atoms with Crippen LogP contribution in [0, 0.1) is 5.82 Å². The van der Waals surface area contributed by atoms with Crippen LogP contribution < -0.4 is 5.32 Å². The van der Waals surface area contributed by atoms with Crippen molar-refractivity contribution in [3.63, 3.8) is 0 Å². The number of halogens is 1. The SMILES string of the molecule is CCc1nn(-c2ccccc2)c2c1CN(C(=O)NC1CCCC1)[C@H](c1ccc(F)cc1)c1cccn1-2. The molecule has 2 aromatic carbocycles. The molecule has 184 valence electrons. The minimum Gasteiger partial charge on any atom is -0.335 e. The van der Waals surface area contributed by atoms with Gasteiger partial charge in [0.1, 0.15) is 11.6 Å². The molecule has 0 spiro atoms. The second kappa shape index (κ2) is 9.30. The fourth-order valence-electron chi connectivity index (χ4n) is 5.67. The average Bonchev–Trinajstić information content (AvgIpc) is 3.64. The molecule has 3 heterocycles. The summed E-state index contributed by atoms with van der Waals surface area (Å²) in [5.41, 5.74) is 4.79. The number of hydrogen-bond acceptors (Lipinski definition) is 2. The first-order valence-electron chi connectivity index (χ1n) is 12.8. The van der Waals surface area contributed by atoms with Gasteiger partial charge in [0.25, 0.3) is 0 Å². The third-order valence-electron chi connectivity index (χ3n) is 7.43. The first kappa shape index (κ1) is 22.6. The van der Waals surface area contributed by atoms with Crippen LogP contribution in [0.4, 0.5) is 9.18 Å². The molecule has 6 rings (SSSR count). The number of hydrogen-bond donors (Lipinski definition) is 1. The van der Waals surface area contributed by atoms with E-state index in [1.165, 1.54) is 12.1 Å². The van der Waals surface area contributed by atoms with E-state index in [-0.39, 0.29) is 23.9 Å². The van der Waals surface area contributed by atoms with Crippen molar-refractivity contribution in [1.29, 1.82) is 0 Å². The van der Waals surface area contributed by atoms with Crippen molar-refractivity contribution >= 4 is 6.03 Å². The summed E-state index contributed by atoms with van der Waals surface area (Å²) in [5, 5.41) is 8.29. The maximum atomic E-state index is 13.9. The van der Waals surface area contributed by atoms with Crippen LogP contribution in [0.3, 0.4) is 0 Å². The second-order valence-electron chi connectivity index (χ2n) is 9.67. The van der Waals surface area contributed by atoms with Gasteiger partial charge in [0, 0.05) is 17.8 Å². The van der Waals surface area contributed by atoms with E-state index >= 15 is 0 Å². The van der Waals surface area contributed by atoms with Crippen molar-refractivity contribution < 1.29 is 9.18 Å². The summed E-state index contributed by atoms with van der Waals surface area (Å²) in [5.74, 6) is 0.655. The number of para-hydroxylation sites is 1. The highest BCUT2D eigenvalue weighted by molar-refractivity contribution is 5.76. The van der Waals surface area contributed by atoms with Gasteiger partial charge in [-0.15, -0.1) is 0 Å². The molecule has 4 aromatic rings. The molecule has 1 aliphatic carbocycles. The maximum absolute atomic E-state index is 13.9. The van der Waals surface area contributed by atoms with Crippen LogP contribution in [0.5, 0.6) is 0 Å². The Balaban J connectivity index is 1.54. The Morgan fingerprint density at radius 3 is 2.50 bits per heavy atom. The van der Waals surface area contributed by atoms with E-state index in [9.17, 15) is 9.18 Å². The van der Waals surface area contributed by atoms with E-state index < -0.39 is 0 Å². The Morgan fingerprint density at radius 1 is 1.03 bits per heavy atom. The maximum Gasteiger partial charge on any atom is 0.318 e. The molecule has 1 aliphatic heterocycles. The molecule has 0 saturated heterocycles. The number of urea groups is 1. The van der Waals surface area contributed by atoms with Crippen LogP contribution in [0.2, 0.25) is 0 Å². The van der Waals surface area contributed by atoms with E-state index in [0.29, 0.717) is 6.54 Å². The standard InChI is InChI=1S/C29H30FN5O/c1-2-25-24-19-34(29(36)31-22-9-6-7-10-22)27(20-14-16-21(30)17-15-20)26-13-8-18-33(26)28(24)35(32-25)23-11-4-3-5-12-23/h3-5,8,11-18,22,27H,2,6-7,9-10,19H2,1H3,(H,31,36)/t27-/m1/s1. The molecule has 0 unspecified atom stereocenters. The molecule has 1 saturated carbocycles. The first-order valence-corrected chi connectivity index (χ1v) is 12.8. The summed E-state index contributed by atoms with van der Waals surface area (Å²) in [7, 11) is 0. The van der Waals surface area contributed by atoms with Crippen molar-refractivity contribution in [2.75, 3.05) is 0 Å². The largest absolute Gasteiger partial charge is 0.335 e. The summed E-state index contributed by atoms with van der Waals surface area (Å²) >= 11 is 0. The van der Waals surface area contributed by atoms with Crippen LogP contribution in [0.25, 0.3) is 11.5 Å². The topological polar surface area (TPSA) is 55.1 Å². The van der Waals surface area contributed by atoms with Crippen LogP contribution in [-0.2, 0) is 13.0 Å². The quantitative estimate of drug-likeness (QED) is 0.392. The number of rotatable bonds is 4. The highest BCUT2D eigenvalue weighted by Gasteiger charge is 2.37. The Hall–Kier alpha value is -3.87. The molecule has 0 radical (unpaired) electrons. The summed E-state index contributed by atoms with van der Waals surface area (Å²) < 4.78 is 18.0. The Kier molecular flexibility index (Phi) is 5.83. The monoisotopic (exact) mass is 483 g/mol. The predicted molar refractivity (Wildman–Crippen MR) is 137 cm³/mol. The summed E-state index contributed by atoms with van der Waals surface area (Å²) in [6.07, 6.45) is 7.08. The third kappa shape index (κ3) is 3.88. The van der Waals surface area contributed by atoms with Crippen molar-refractivity contribution in [2.24, 2.45) is 0 Å². The van der Waals surface area contributed by atoms with Crippen molar-refractivity contribution in [3.8, 4) is 11.5 Å². The van der Waals surface area contributed by atoms with E-state index in [0.717, 1.165) is 66.1 Å². The van der Waals surface area contributed by atoms with Crippen molar-refractivity contribution in [2.45, 2.75) is 57.7 Å². The van der Waals surface area contributed by atoms with Gasteiger partial charge in [0.05, 0.1) is 29.7 Å². The molecule has 0 bridgehead atoms. The van der Waals surface area contributed by atoms with E-state index in [1.54, 1.807) is 12.1 Å². The number of carbonyl (C=O) groups excluding carboxylic acids is 1. The normalized spacial score (nSPS) is 17.5. The lowest BCUT2D eigenvalue weighted by atomic mass is 10.0. The fraction of sp³-hybridized carbons (Fsp3) is 0.310. The molecule has 2 aromatic heterocycles. The smallest absolute Gasteiger partial charge is 0.318 e. The molecule has 1 atom stereocenters. The minimum absolute atomic E-state index is 0.0914. The zero-order valence-corrected chi connectivity index (χ0v) is 20.4. The number of nitrogens with zero attached hydrogens (tertiary/aromatic N) is 4. The van der Waals surface area contributed by atoms with Crippen LogP contribution in [-0.4, -0.2) is 31.3 Å². The number of nitrogens with one attached hydrogen (secondary N) is 1. The Labute approximate surface area is 210 Å². The third-order valence-corrected chi connectivity index (χ3v) is 7.43. The van der Waals surface area contributed by atoms with Gasteiger partial charge in [-0.1, -0.05) is 50.1 Å². The number of aromatic nitrogens is 3. The molecule has 2 aliphatic rings. The van der Waals surface area contributed by atoms with E-state index in [2.05, 4.69) is 16.8 Å². The van der Waals surface area contributed by atoms with Gasteiger partial charge in [-0.2, -0.15) is 5.10 Å². The number of aryl methyl sites for hydroxylation is 1. The number of fused-ring (bicyclic) bond motifs is 3. The molecular formula is C29H30FN5O. The summed E-state index contributed by atoms with van der Waals surface area (Å²) in [4.78, 5) is 15.8. The lowest BCUT2D eigenvalue weighted by Gasteiger charge is -2.32. The fourth-order valence-corrected chi connectivity index (χ4v) is 5.67. The molecule has 7 heteroatoms. The van der Waals surface area contributed by atoms with E-state index in [4.69, 9.17) is 5.10 Å². The average molecular weight is 484 g/mol. The molecule has 1 N–H and O–H groups in total. The molecular weight excluding hydrogens is 453 g/mol. The lowest BCUT2D eigenvalue weighted by molar-refractivity contribution is 0.176. The zero-order valence-electron chi connectivity index (χ0n) is 20.4. The van der Waals surface area contributed by atoms with Crippen LogP contribution in [0.1, 0.15) is 61.2 Å². The molecule has 1 fully saturated rings. The van der Waals surface area contributed by atoms with Gasteiger partial charge in [-0.05, 0) is 61.2 Å². The molecule has 6 nitrogen and oxygen atoms in total. The highest BCUT2D eigenvalue weighted by Crippen LogP contribution is 2.39. The van der Waals surface area contributed by atoms with Crippen LogP contribution >= 0.6 is 0 Å². The zero-order chi connectivity index (χ0) is 24.6. The summed E-state index contributed by atoms with van der Waals surface area (Å²) in [6.45, 7) is 2.51. The lowest BCUT2D eigenvalue weighted by Crippen LogP contribution is -2.45. The number of benzene rings is 2. The molecule has 2 amide bonds. The Morgan fingerprint density at radius 2 is 1.78 bits per heavy atom. The first-order chi connectivity index (χ1) is 17.6. The highest BCUT2D eigenvalue weighted by atomic mass is 19.1.